The van der Waals surface area contributed by atoms with Gasteiger partial charge in [0.25, 0.3) is 0 Å². The van der Waals surface area contributed by atoms with Gasteiger partial charge >= 0.3 is 0 Å². The van der Waals surface area contributed by atoms with Crippen molar-refractivity contribution in [2.75, 3.05) is 5.32 Å². The zero-order chi connectivity index (χ0) is 16.3. The van der Waals surface area contributed by atoms with Crippen molar-refractivity contribution < 1.29 is 9.59 Å². The smallest absolute Gasteiger partial charge is 0.238 e. The Hall–Kier alpha value is -2.06. The number of aryl methyl sites for hydroxylation is 1. The maximum atomic E-state index is 12.2. The second-order valence-electron chi connectivity index (χ2n) is 4.61. The maximum Gasteiger partial charge on any atom is 0.238 e. The number of hydrogen-bond acceptors (Lipinski definition) is 4. The van der Waals surface area contributed by atoms with Gasteiger partial charge in [-0.2, -0.15) is 4.99 Å². The van der Waals surface area contributed by atoms with Gasteiger partial charge < -0.3 is 16.4 Å². The molecule has 0 aromatic heterocycles. The SMILES string of the molecule is Cc1ccc(NC(=O)C2CC(=O)N/C(=N\C(=N)N)S2)cc1Cl. The van der Waals surface area contributed by atoms with Crippen molar-refractivity contribution in [1.82, 2.24) is 5.32 Å². The summed E-state index contributed by atoms with van der Waals surface area (Å²) in [6.07, 6.45) is 0.0209. The van der Waals surface area contributed by atoms with Crippen LogP contribution in [0.25, 0.3) is 0 Å². The van der Waals surface area contributed by atoms with Crippen LogP contribution in [0.15, 0.2) is 23.2 Å². The van der Waals surface area contributed by atoms with Crippen molar-refractivity contribution in [1.29, 1.82) is 5.41 Å². The van der Waals surface area contributed by atoms with Crippen molar-refractivity contribution in [3.8, 4) is 0 Å². The van der Waals surface area contributed by atoms with E-state index in [1.165, 1.54) is 0 Å². The van der Waals surface area contributed by atoms with E-state index < -0.39 is 11.2 Å². The van der Waals surface area contributed by atoms with Crippen LogP contribution in [-0.2, 0) is 9.59 Å². The standard InChI is InChI=1S/C13H14ClN5O2S/c1-6-2-3-7(4-8(6)14)17-11(21)9-5-10(20)18-13(22-9)19-12(15)16/h2-4,9H,5H2,1H3,(H,17,21)(H4,15,16,18,19,20). The molecule has 1 aromatic carbocycles. The van der Waals surface area contributed by atoms with Crippen molar-refractivity contribution in [2.24, 2.45) is 10.7 Å². The van der Waals surface area contributed by atoms with Crippen molar-refractivity contribution in [3.63, 3.8) is 0 Å². The van der Waals surface area contributed by atoms with Crippen molar-refractivity contribution in [2.45, 2.75) is 18.6 Å². The number of carbonyl (C=O) groups excluding carboxylic acids is 2. The summed E-state index contributed by atoms with van der Waals surface area (Å²) in [4.78, 5) is 27.5. The molecule has 116 valence electrons. The minimum absolute atomic E-state index is 0.0209. The third-order valence-corrected chi connectivity index (χ3v) is 4.31. The van der Waals surface area contributed by atoms with Crippen LogP contribution < -0.4 is 16.4 Å². The molecule has 1 unspecified atom stereocenters. The van der Waals surface area contributed by atoms with E-state index in [2.05, 4.69) is 15.6 Å². The third kappa shape index (κ3) is 4.22. The van der Waals surface area contributed by atoms with E-state index >= 15 is 0 Å². The Bertz CT molecular complexity index is 676. The fourth-order valence-electron chi connectivity index (χ4n) is 1.75. The summed E-state index contributed by atoms with van der Waals surface area (Å²) < 4.78 is 0. The molecule has 2 amide bonds. The molecule has 1 saturated heterocycles. The Morgan fingerprint density at radius 1 is 1.59 bits per heavy atom. The maximum absolute atomic E-state index is 12.2. The van der Waals surface area contributed by atoms with E-state index in [4.69, 9.17) is 22.7 Å². The van der Waals surface area contributed by atoms with Gasteiger partial charge in [0, 0.05) is 17.1 Å². The highest BCUT2D eigenvalue weighted by Crippen LogP contribution is 2.24. The van der Waals surface area contributed by atoms with Gasteiger partial charge in [-0.1, -0.05) is 29.4 Å². The highest BCUT2D eigenvalue weighted by Gasteiger charge is 2.30. The molecular formula is C13H14ClN5O2S. The lowest BCUT2D eigenvalue weighted by atomic mass is 10.2. The van der Waals surface area contributed by atoms with Gasteiger partial charge in [-0.3, -0.25) is 15.0 Å². The molecule has 0 radical (unpaired) electrons. The van der Waals surface area contributed by atoms with E-state index in [9.17, 15) is 9.59 Å². The number of halogens is 1. The van der Waals surface area contributed by atoms with Crippen LogP contribution in [0.4, 0.5) is 5.69 Å². The minimum Gasteiger partial charge on any atom is -0.368 e. The molecule has 1 fully saturated rings. The lowest BCUT2D eigenvalue weighted by molar-refractivity contribution is -0.123. The summed E-state index contributed by atoms with van der Waals surface area (Å²) in [5.41, 5.74) is 6.62. The third-order valence-electron chi connectivity index (χ3n) is 2.82. The molecule has 5 N–H and O–H groups in total. The fraction of sp³-hybridized carbons (Fsp3) is 0.231. The molecule has 2 rings (SSSR count). The van der Waals surface area contributed by atoms with Crippen LogP contribution in [0.1, 0.15) is 12.0 Å². The van der Waals surface area contributed by atoms with E-state index in [1.54, 1.807) is 18.2 Å². The summed E-state index contributed by atoms with van der Waals surface area (Å²) in [6.45, 7) is 1.86. The molecule has 1 atom stereocenters. The highest BCUT2D eigenvalue weighted by molar-refractivity contribution is 8.15. The molecule has 1 aliphatic rings. The monoisotopic (exact) mass is 339 g/mol. The normalized spacial score (nSPS) is 19.6. The van der Waals surface area contributed by atoms with E-state index in [1.807, 2.05) is 6.92 Å². The Kier molecular flexibility index (Phi) is 5.04. The number of rotatable bonds is 2. The number of hydrogen-bond donors (Lipinski definition) is 4. The van der Waals surface area contributed by atoms with Crippen LogP contribution in [0, 0.1) is 12.3 Å². The summed E-state index contributed by atoms with van der Waals surface area (Å²) in [7, 11) is 0. The van der Waals surface area contributed by atoms with Crippen molar-refractivity contribution in [3.05, 3.63) is 28.8 Å². The largest absolute Gasteiger partial charge is 0.368 e. The number of benzene rings is 1. The number of amidine groups is 1. The topological polar surface area (TPSA) is 120 Å². The van der Waals surface area contributed by atoms with E-state index in [0.29, 0.717) is 10.7 Å². The molecule has 1 aromatic rings. The molecule has 1 heterocycles. The second-order valence-corrected chi connectivity index (χ2v) is 6.21. The quantitative estimate of drug-likeness (QED) is 0.481. The lowest BCUT2D eigenvalue weighted by Crippen LogP contribution is -2.42. The molecule has 0 bridgehead atoms. The Morgan fingerprint density at radius 3 is 2.95 bits per heavy atom. The predicted octanol–water partition coefficient (Wildman–Crippen LogP) is 1.46. The van der Waals surface area contributed by atoms with E-state index in [-0.39, 0.29) is 23.4 Å². The number of anilines is 1. The number of guanidine groups is 1. The van der Waals surface area contributed by atoms with E-state index in [0.717, 1.165) is 17.3 Å². The van der Waals surface area contributed by atoms with Crippen molar-refractivity contribution >= 4 is 52.0 Å². The Morgan fingerprint density at radius 2 is 2.32 bits per heavy atom. The van der Waals surface area contributed by atoms with Gasteiger partial charge in [0.2, 0.25) is 17.8 Å². The average Bonchev–Trinajstić information content (AvgIpc) is 2.41. The van der Waals surface area contributed by atoms with Crippen LogP contribution in [0.5, 0.6) is 0 Å². The first-order chi connectivity index (χ1) is 10.3. The summed E-state index contributed by atoms with van der Waals surface area (Å²) in [6, 6.07) is 5.17. The van der Waals surface area contributed by atoms with Crippen LogP contribution in [0.2, 0.25) is 5.02 Å². The van der Waals surface area contributed by atoms with Gasteiger partial charge in [-0.15, -0.1) is 0 Å². The zero-order valence-corrected chi connectivity index (χ0v) is 13.2. The average molecular weight is 340 g/mol. The first kappa shape index (κ1) is 16.3. The van der Waals surface area contributed by atoms with Gasteiger partial charge in [0.05, 0.1) is 0 Å². The molecule has 0 spiro atoms. The lowest BCUT2D eigenvalue weighted by Gasteiger charge is -2.22. The summed E-state index contributed by atoms with van der Waals surface area (Å²) in [5.74, 6) is -1.12. The number of nitrogens with two attached hydrogens (primary N) is 1. The Labute approximate surface area is 136 Å². The highest BCUT2D eigenvalue weighted by atomic mass is 35.5. The van der Waals surface area contributed by atoms with Crippen LogP contribution in [0.3, 0.4) is 0 Å². The minimum atomic E-state index is -0.646. The number of amides is 2. The molecule has 1 aliphatic heterocycles. The molecule has 9 heteroatoms. The van der Waals surface area contributed by atoms with Gasteiger partial charge in [-0.05, 0) is 24.6 Å². The Balaban J connectivity index is 2.09. The van der Waals surface area contributed by atoms with Gasteiger partial charge in [0.15, 0.2) is 5.17 Å². The van der Waals surface area contributed by atoms with Crippen LogP contribution >= 0.6 is 23.4 Å². The van der Waals surface area contributed by atoms with Gasteiger partial charge in [0.1, 0.15) is 5.25 Å². The number of thioether (sulfide) groups is 1. The van der Waals surface area contributed by atoms with Crippen LogP contribution in [-0.4, -0.2) is 28.2 Å². The second kappa shape index (κ2) is 6.80. The zero-order valence-electron chi connectivity index (χ0n) is 11.6. The number of nitrogens with zero attached hydrogens (tertiary/aromatic N) is 1. The first-order valence-corrected chi connectivity index (χ1v) is 7.57. The van der Waals surface area contributed by atoms with Gasteiger partial charge in [-0.25, -0.2) is 0 Å². The predicted molar refractivity (Wildman–Crippen MR) is 88.3 cm³/mol. The number of nitrogens with one attached hydrogen (secondary N) is 3. The molecule has 7 nitrogen and oxygen atoms in total. The summed E-state index contributed by atoms with van der Waals surface area (Å²) in [5, 5.41) is 12.3. The number of carbonyl (C=O) groups is 2. The first-order valence-electron chi connectivity index (χ1n) is 6.31. The summed E-state index contributed by atoms with van der Waals surface area (Å²) >= 11 is 7.06. The molecular weight excluding hydrogens is 326 g/mol. The molecule has 22 heavy (non-hydrogen) atoms. The molecule has 0 saturated carbocycles. The molecule has 0 aliphatic carbocycles. The number of aliphatic imine (C=N–C) groups is 1. The fourth-order valence-corrected chi connectivity index (χ4v) is 2.92.